The summed E-state index contributed by atoms with van der Waals surface area (Å²) in [7, 11) is 1.79. The molecule has 0 aliphatic rings. The monoisotopic (exact) mass is 251 g/mol. The van der Waals surface area contributed by atoms with E-state index < -0.39 is 0 Å². The largest absolute Gasteiger partial charge is 0.373 e. The molecule has 0 fully saturated rings. The van der Waals surface area contributed by atoms with Crippen LogP contribution in [0.2, 0.25) is 0 Å². The molecular formula is C12H21N5O. The van der Waals surface area contributed by atoms with Crippen LogP contribution >= 0.6 is 0 Å². The molecule has 0 aliphatic carbocycles. The average molecular weight is 251 g/mol. The van der Waals surface area contributed by atoms with Crippen LogP contribution < -0.4 is 16.0 Å². The lowest BCUT2D eigenvalue weighted by Gasteiger charge is -2.20. The zero-order valence-corrected chi connectivity index (χ0v) is 11.6. The number of carbonyl (C=O) groups is 1. The van der Waals surface area contributed by atoms with Gasteiger partial charge < -0.3 is 16.0 Å². The number of nitrogens with zero attached hydrogens (tertiary/aromatic N) is 2. The molecule has 1 heterocycles. The molecule has 1 aromatic heterocycles. The average Bonchev–Trinajstić information content (AvgIpc) is 2.23. The lowest BCUT2D eigenvalue weighted by Crippen LogP contribution is -2.43. The van der Waals surface area contributed by atoms with Gasteiger partial charge >= 0.3 is 0 Å². The van der Waals surface area contributed by atoms with Gasteiger partial charge in [0.05, 0.1) is 6.54 Å². The molecule has 0 aliphatic heterocycles. The van der Waals surface area contributed by atoms with Gasteiger partial charge in [-0.1, -0.05) is 0 Å². The number of rotatable bonds is 4. The maximum atomic E-state index is 11.6. The van der Waals surface area contributed by atoms with Crippen LogP contribution in [0.1, 0.15) is 26.6 Å². The third kappa shape index (κ3) is 4.99. The molecule has 0 radical (unpaired) electrons. The lowest BCUT2D eigenvalue weighted by atomic mass is 10.1. The van der Waals surface area contributed by atoms with Crippen molar-refractivity contribution < 1.29 is 4.79 Å². The molecule has 0 aromatic carbocycles. The van der Waals surface area contributed by atoms with Crippen molar-refractivity contribution in [2.45, 2.75) is 33.2 Å². The highest BCUT2D eigenvalue weighted by molar-refractivity contribution is 5.81. The second kappa shape index (κ2) is 5.66. The number of amides is 1. The third-order valence-electron chi connectivity index (χ3n) is 2.04. The predicted molar refractivity (Wildman–Crippen MR) is 72.7 cm³/mol. The predicted octanol–water partition coefficient (Wildman–Crippen LogP) is 1.15. The Labute approximate surface area is 108 Å². The summed E-state index contributed by atoms with van der Waals surface area (Å²) in [6.45, 7) is 7.83. The summed E-state index contributed by atoms with van der Waals surface area (Å²) >= 11 is 0. The van der Waals surface area contributed by atoms with Crippen molar-refractivity contribution in [1.82, 2.24) is 15.3 Å². The second-order valence-electron chi connectivity index (χ2n) is 5.09. The number of aromatic nitrogens is 2. The van der Waals surface area contributed by atoms with E-state index in [0.717, 1.165) is 5.82 Å². The van der Waals surface area contributed by atoms with Crippen LogP contribution in [-0.4, -0.2) is 35.0 Å². The van der Waals surface area contributed by atoms with E-state index in [9.17, 15) is 4.79 Å². The molecular weight excluding hydrogens is 230 g/mol. The van der Waals surface area contributed by atoms with Crippen molar-refractivity contribution in [2.75, 3.05) is 24.2 Å². The number of hydrogen-bond acceptors (Lipinski definition) is 5. The van der Waals surface area contributed by atoms with E-state index in [2.05, 4.69) is 25.9 Å². The van der Waals surface area contributed by atoms with Gasteiger partial charge in [0.25, 0.3) is 0 Å². The molecule has 0 bridgehead atoms. The number of nitrogens with one attached hydrogen (secondary N) is 3. The smallest absolute Gasteiger partial charge is 0.239 e. The van der Waals surface area contributed by atoms with E-state index in [4.69, 9.17) is 0 Å². The van der Waals surface area contributed by atoms with Crippen LogP contribution in [0.4, 0.5) is 11.6 Å². The van der Waals surface area contributed by atoms with Gasteiger partial charge in [-0.15, -0.1) is 0 Å². The van der Waals surface area contributed by atoms with Crippen molar-refractivity contribution in [3.05, 3.63) is 11.9 Å². The van der Waals surface area contributed by atoms with Gasteiger partial charge in [0.15, 0.2) is 0 Å². The quantitative estimate of drug-likeness (QED) is 0.748. The first kappa shape index (κ1) is 14.2. The minimum absolute atomic E-state index is 0.0650. The normalized spacial score (nSPS) is 10.9. The Balaban J connectivity index is 2.58. The van der Waals surface area contributed by atoms with Crippen LogP contribution in [-0.2, 0) is 4.79 Å². The molecule has 0 atom stereocenters. The van der Waals surface area contributed by atoms with Crippen molar-refractivity contribution in [2.24, 2.45) is 0 Å². The number of aryl methyl sites for hydroxylation is 1. The standard InChI is InChI=1S/C12H21N5O/c1-8-15-9(13-5)6-10(16-8)14-7-11(18)17-12(2,3)4/h6H,7H2,1-5H3,(H,17,18)(H2,13,14,15,16). The minimum atomic E-state index is -0.226. The van der Waals surface area contributed by atoms with Crippen LogP contribution in [0.5, 0.6) is 0 Å². The van der Waals surface area contributed by atoms with Gasteiger partial charge in [-0.25, -0.2) is 9.97 Å². The highest BCUT2D eigenvalue weighted by atomic mass is 16.2. The van der Waals surface area contributed by atoms with Crippen molar-refractivity contribution in [1.29, 1.82) is 0 Å². The Bertz CT molecular complexity index is 425. The Morgan fingerprint density at radius 1 is 1.28 bits per heavy atom. The molecule has 0 spiro atoms. The van der Waals surface area contributed by atoms with E-state index in [0.29, 0.717) is 11.6 Å². The lowest BCUT2D eigenvalue weighted by molar-refractivity contribution is -0.120. The maximum absolute atomic E-state index is 11.6. The van der Waals surface area contributed by atoms with E-state index in [-0.39, 0.29) is 18.0 Å². The molecule has 0 saturated carbocycles. The third-order valence-corrected chi connectivity index (χ3v) is 2.04. The van der Waals surface area contributed by atoms with Gasteiger partial charge in [-0.2, -0.15) is 0 Å². The molecule has 18 heavy (non-hydrogen) atoms. The van der Waals surface area contributed by atoms with Crippen LogP contribution in [0.25, 0.3) is 0 Å². The zero-order valence-electron chi connectivity index (χ0n) is 11.6. The molecule has 6 nitrogen and oxygen atoms in total. The van der Waals surface area contributed by atoms with Gasteiger partial charge in [0.2, 0.25) is 5.91 Å². The van der Waals surface area contributed by atoms with Gasteiger partial charge in [0, 0.05) is 18.7 Å². The Hall–Kier alpha value is -1.85. The van der Waals surface area contributed by atoms with Gasteiger partial charge in [-0.05, 0) is 27.7 Å². The molecule has 1 rings (SSSR count). The fourth-order valence-electron chi connectivity index (χ4n) is 1.42. The summed E-state index contributed by atoms with van der Waals surface area (Å²) in [4.78, 5) is 20.0. The van der Waals surface area contributed by atoms with Crippen molar-refractivity contribution >= 4 is 17.5 Å². The fraction of sp³-hybridized carbons (Fsp3) is 0.583. The summed E-state index contributed by atoms with van der Waals surface area (Å²) < 4.78 is 0. The number of anilines is 2. The first-order valence-electron chi connectivity index (χ1n) is 5.88. The SMILES string of the molecule is CNc1cc(NCC(=O)NC(C)(C)C)nc(C)n1. The van der Waals surface area contributed by atoms with Crippen LogP contribution in [0.3, 0.4) is 0 Å². The van der Waals surface area contributed by atoms with E-state index in [1.165, 1.54) is 0 Å². The molecule has 0 saturated heterocycles. The van der Waals surface area contributed by atoms with Crippen LogP contribution in [0, 0.1) is 6.92 Å². The molecule has 0 unspecified atom stereocenters. The molecule has 100 valence electrons. The fourth-order valence-corrected chi connectivity index (χ4v) is 1.42. The highest BCUT2D eigenvalue weighted by Gasteiger charge is 2.13. The number of carbonyl (C=O) groups excluding carboxylic acids is 1. The Morgan fingerprint density at radius 3 is 2.44 bits per heavy atom. The maximum Gasteiger partial charge on any atom is 0.239 e. The summed E-state index contributed by atoms with van der Waals surface area (Å²) in [6, 6.07) is 1.76. The topological polar surface area (TPSA) is 78.9 Å². The van der Waals surface area contributed by atoms with E-state index >= 15 is 0 Å². The summed E-state index contributed by atoms with van der Waals surface area (Å²) in [5, 5.41) is 8.79. The molecule has 6 heteroatoms. The number of hydrogen-bond donors (Lipinski definition) is 3. The van der Waals surface area contributed by atoms with Crippen molar-refractivity contribution in [3.8, 4) is 0 Å². The van der Waals surface area contributed by atoms with Crippen molar-refractivity contribution in [3.63, 3.8) is 0 Å². The van der Waals surface area contributed by atoms with E-state index in [1.54, 1.807) is 20.0 Å². The summed E-state index contributed by atoms with van der Waals surface area (Å²) in [5.74, 6) is 1.95. The van der Waals surface area contributed by atoms with Crippen LogP contribution in [0.15, 0.2) is 6.07 Å². The Kier molecular flexibility index (Phi) is 4.47. The molecule has 1 amide bonds. The zero-order chi connectivity index (χ0) is 13.8. The Morgan fingerprint density at radius 2 is 1.89 bits per heavy atom. The first-order valence-corrected chi connectivity index (χ1v) is 5.88. The molecule has 3 N–H and O–H groups in total. The minimum Gasteiger partial charge on any atom is -0.373 e. The molecule has 1 aromatic rings. The van der Waals surface area contributed by atoms with Gasteiger partial charge in [-0.3, -0.25) is 4.79 Å². The second-order valence-corrected chi connectivity index (χ2v) is 5.09. The van der Waals surface area contributed by atoms with Gasteiger partial charge in [0.1, 0.15) is 17.5 Å². The summed E-state index contributed by atoms with van der Waals surface area (Å²) in [5.41, 5.74) is -0.226. The van der Waals surface area contributed by atoms with E-state index in [1.807, 2.05) is 20.8 Å². The first-order chi connectivity index (χ1) is 8.30. The summed E-state index contributed by atoms with van der Waals surface area (Å²) in [6.07, 6.45) is 0. The highest BCUT2D eigenvalue weighted by Crippen LogP contribution is 2.09.